The molecule has 0 bridgehead atoms. The minimum atomic E-state index is -0.0150. The van der Waals surface area contributed by atoms with Gasteiger partial charge in [-0.2, -0.15) is 5.10 Å². The quantitative estimate of drug-likeness (QED) is 0.799. The van der Waals surface area contributed by atoms with Gasteiger partial charge in [0.1, 0.15) is 11.6 Å². The van der Waals surface area contributed by atoms with Crippen LogP contribution in [0.1, 0.15) is 29.2 Å². The largest absolute Gasteiger partial charge is 0.497 e. The number of carbonyl (C=O) groups is 1. The predicted molar refractivity (Wildman–Crippen MR) is 94.2 cm³/mol. The van der Waals surface area contributed by atoms with Crippen molar-refractivity contribution in [1.29, 1.82) is 0 Å². The van der Waals surface area contributed by atoms with E-state index < -0.39 is 0 Å². The van der Waals surface area contributed by atoms with Gasteiger partial charge >= 0.3 is 0 Å². The number of hydrogen-bond acceptors (Lipinski definition) is 4. The highest BCUT2D eigenvalue weighted by Gasteiger charge is 2.32. The third kappa shape index (κ3) is 2.65. The van der Waals surface area contributed by atoms with E-state index in [2.05, 4.69) is 15.4 Å². The molecule has 1 unspecified atom stereocenters. The summed E-state index contributed by atoms with van der Waals surface area (Å²) in [5, 5.41) is 7.66. The van der Waals surface area contributed by atoms with E-state index in [1.165, 1.54) is 0 Å². The lowest BCUT2D eigenvalue weighted by Gasteiger charge is -2.24. The van der Waals surface area contributed by atoms with Crippen molar-refractivity contribution in [2.75, 3.05) is 12.4 Å². The summed E-state index contributed by atoms with van der Waals surface area (Å²) in [5.74, 6) is 1.49. The zero-order valence-corrected chi connectivity index (χ0v) is 14.1. The Labute approximate surface area is 145 Å². The van der Waals surface area contributed by atoms with Gasteiger partial charge in [0.05, 0.1) is 18.5 Å². The number of pyridine rings is 1. The van der Waals surface area contributed by atoms with Gasteiger partial charge in [0.2, 0.25) is 5.91 Å². The minimum Gasteiger partial charge on any atom is -0.497 e. The summed E-state index contributed by atoms with van der Waals surface area (Å²) in [5.41, 5.74) is 3.92. The summed E-state index contributed by atoms with van der Waals surface area (Å²) in [7, 11) is 1.63. The van der Waals surface area contributed by atoms with Crippen LogP contribution in [0.3, 0.4) is 0 Å². The summed E-state index contributed by atoms with van der Waals surface area (Å²) < 4.78 is 7.00. The summed E-state index contributed by atoms with van der Waals surface area (Å²) >= 11 is 0. The van der Waals surface area contributed by atoms with Crippen LogP contribution >= 0.6 is 0 Å². The van der Waals surface area contributed by atoms with Gasteiger partial charge in [-0.25, -0.2) is 4.68 Å². The van der Waals surface area contributed by atoms with E-state index in [1.54, 1.807) is 24.2 Å². The van der Waals surface area contributed by atoms with Gasteiger partial charge in [-0.3, -0.25) is 9.78 Å². The van der Waals surface area contributed by atoms with Crippen molar-refractivity contribution in [3.8, 4) is 11.4 Å². The van der Waals surface area contributed by atoms with E-state index in [-0.39, 0.29) is 11.8 Å². The first-order valence-corrected chi connectivity index (χ1v) is 8.11. The van der Waals surface area contributed by atoms with Crippen LogP contribution < -0.4 is 10.1 Å². The van der Waals surface area contributed by atoms with Crippen molar-refractivity contribution in [3.63, 3.8) is 0 Å². The number of fused-ring (bicyclic) bond motifs is 1. The fraction of sp³-hybridized carbons (Fsp3) is 0.211. The molecule has 25 heavy (non-hydrogen) atoms. The summed E-state index contributed by atoms with van der Waals surface area (Å²) in [6, 6.07) is 11.5. The molecule has 3 heterocycles. The molecular weight excluding hydrogens is 316 g/mol. The molecular formula is C19H18N4O2. The number of nitrogens with one attached hydrogen (secondary N) is 1. The Bertz CT molecular complexity index is 917. The van der Waals surface area contributed by atoms with Crippen LogP contribution in [0, 0.1) is 6.92 Å². The molecule has 1 N–H and O–H groups in total. The molecule has 6 nitrogen and oxygen atoms in total. The number of carbonyl (C=O) groups excluding carboxylic acids is 1. The first kappa shape index (κ1) is 15.4. The van der Waals surface area contributed by atoms with Crippen molar-refractivity contribution >= 4 is 11.7 Å². The molecule has 0 saturated carbocycles. The highest BCUT2D eigenvalue weighted by atomic mass is 16.5. The van der Waals surface area contributed by atoms with Gasteiger partial charge in [0, 0.05) is 30.3 Å². The third-order valence-corrected chi connectivity index (χ3v) is 4.53. The normalized spacial score (nSPS) is 16.2. The lowest BCUT2D eigenvalue weighted by Crippen LogP contribution is -2.24. The van der Waals surface area contributed by atoms with E-state index in [9.17, 15) is 4.79 Å². The topological polar surface area (TPSA) is 69.0 Å². The number of nitrogens with zero attached hydrogens (tertiary/aromatic N) is 3. The number of amides is 1. The third-order valence-electron chi connectivity index (χ3n) is 4.53. The van der Waals surface area contributed by atoms with Gasteiger partial charge in [-0.1, -0.05) is 0 Å². The molecule has 1 aliphatic heterocycles. The first-order valence-electron chi connectivity index (χ1n) is 8.11. The highest BCUT2D eigenvalue weighted by molar-refractivity contribution is 5.95. The number of hydrogen-bond donors (Lipinski definition) is 1. The molecule has 1 atom stereocenters. The Morgan fingerprint density at radius 3 is 2.56 bits per heavy atom. The fourth-order valence-electron chi connectivity index (χ4n) is 3.34. The van der Waals surface area contributed by atoms with Crippen LogP contribution in [0.15, 0.2) is 48.8 Å². The number of methoxy groups -OCH3 is 1. The van der Waals surface area contributed by atoms with E-state index >= 15 is 0 Å². The van der Waals surface area contributed by atoms with E-state index in [0.717, 1.165) is 34.1 Å². The van der Waals surface area contributed by atoms with Crippen LogP contribution in [-0.2, 0) is 4.79 Å². The maximum absolute atomic E-state index is 12.3. The lowest BCUT2D eigenvalue weighted by atomic mass is 9.86. The number of aryl methyl sites for hydroxylation is 1. The Kier molecular flexibility index (Phi) is 3.72. The van der Waals surface area contributed by atoms with E-state index in [0.29, 0.717) is 6.42 Å². The number of ether oxygens (including phenoxy) is 1. The number of anilines is 1. The van der Waals surface area contributed by atoms with Crippen molar-refractivity contribution in [2.24, 2.45) is 0 Å². The molecule has 6 heteroatoms. The molecule has 1 aromatic carbocycles. The standard InChI is InChI=1S/C19H18N4O2/c1-12-18-16(13-7-9-20-10-8-13)11-17(24)21-19(18)23(22-12)14-3-5-15(25-2)6-4-14/h3-10,16H,11H2,1-2H3,(H,21,24). The zero-order valence-electron chi connectivity index (χ0n) is 14.1. The summed E-state index contributed by atoms with van der Waals surface area (Å²) in [4.78, 5) is 16.4. The minimum absolute atomic E-state index is 0.0102. The molecule has 1 amide bonds. The van der Waals surface area contributed by atoms with Gasteiger partial charge in [-0.15, -0.1) is 0 Å². The lowest BCUT2D eigenvalue weighted by molar-refractivity contribution is -0.116. The number of rotatable bonds is 3. The van der Waals surface area contributed by atoms with Crippen molar-refractivity contribution in [2.45, 2.75) is 19.3 Å². The molecule has 0 saturated heterocycles. The van der Waals surface area contributed by atoms with E-state index in [1.807, 2.05) is 43.3 Å². The average Bonchev–Trinajstić information content (AvgIpc) is 2.98. The Hall–Kier alpha value is -3.15. The molecule has 126 valence electrons. The van der Waals surface area contributed by atoms with Gasteiger partial charge in [0.15, 0.2) is 0 Å². The maximum atomic E-state index is 12.3. The molecule has 0 fully saturated rings. The number of benzene rings is 1. The van der Waals surface area contributed by atoms with Gasteiger partial charge < -0.3 is 10.1 Å². The molecule has 1 aliphatic rings. The zero-order chi connectivity index (χ0) is 17.4. The molecule has 3 aromatic rings. The van der Waals surface area contributed by atoms with Crippen LogP contribution in [0.2, 0.25) is 0 Å². The highest BCUT2D eigenvalue weighted by Crippen LogP contribution is 2.40. The van der Waals surface area contributed by atoms with E-state index in [4.69, 9.17) is 4.74 Å². The van der Waals surface area contributed by atoms with Crippen LogP contribution in [0.25, 0.3) is 5.69 Å². The smallest absolute Gasteiger partial charge is 0.226 e. The molecule has 2 aromatic heterocycles. The van der Waals surface area contributed by atoms with Gasteiger partial charge in [-0.05, 0) is 48.9 Å². The Balaban J connectivity index is 1.84. The Morgan fingerprint density at radius 2 is 1.88 bits per heavy atom. The second-order valence-electron chi connectivity index (χ2n) is 6.04. The van der Waals surface area contributed by atoms with Crippen LogP contribution in [0.5, 0.6) is 5.75 Å². The Morgan fingerprint density at radius 1 is 1.16 bits per heavy atom. The second-order valence-corrected chi connectivity index (χ2v) is 6.04. The first-order chi connectivity index (χ1) is 12.2. The molecule has 4 rings (SSSR count). The molecule has 0 spiro atoms. The van der Waals surface area contributed by atoms with Crippen LogP contribution in [0.4, 0.5) is 5.82 Å². The maximum Gasteiger partial charge on any atom is 0.226 e. The second kappa shape index (κ2) is 6.05. The monoisotopic (exact) mass is 334 g/mol. The average molecular weight is 334 g/mol. The van der Waals surface area contributed by atoms with Crippen molar-refractivity contribution < 1.29 is 9.53 Å². The fourth-order valence-corrected chi connectivity index (χ4v) is 3.34. The SMILES string of the molecule is COc1ccc(-n2nc(C)c3c2NC(=O)CC3c2ccncc2)cc1. The predicted octanol–water partition coefficient (Wildman–Crippen LogP) is 3.06. The number of aromatic nitrogens is 3. The van der Waals surface area contributed by atoms with Crippen molar-refractivity contribution in [3.05, 3.63) is 65.6 Å². The summed E-state index contributed by atoms with van der Waals surface area (Å²) in [6.07, 6.45) is 3.92. The van der Waals surface area contributed by atoms with Crippen LogP contribution in [-0.4, -0.2) is 27.8 Å². The summed E-state index contributed by atoms with van der Waals surface area (Å²) in [6.45, 7) is 1.98. The van der Waals surface area contributed by atoms with Crippen molar-refractivity contribution in [1.82, 2.24) is 14.8 Å². The molecule has 0 aliphatic carbocycles. The molecule has 0 radical (unpaired) electrons. The van der Waals surface area contributed by atoms with Gasteiger partial charge in [0.25, 0.3) is 0 Å².